The molecule has 0 bridgehead atoms. The van der Waals surface area contributed by atoms with E-state index < -0.39 is 12.1 Å². The number of aryl methyl sites for hydroxylation is 1. The van der Waals surface area contributed by atoms with E-state index in [2.05, 4.69) is 16.7 Å². The van der Waals surface area contributed by atoms with Crippen molar-refractivity contribution in [3.63, 3.8) is 0 Å². The predicted octanol–water partition coefficient (Wildman–Crippen LogP) is 4.79. The van der Waals surface area contributed by atoms with Crippen LogP contribution in [0.25, 0.3) is 10.9 Å². The van der Waals surface area contributed by atoms with Gasteiger partial charge in [0.15, 0.2) is 0 Å². The Morgan fingerprint density at radius 2 is 1.51 bits per heavy atom. The van der Waals surface area contributed by atoms with E-state index in [4.69, 9.17) is 19.9 Å². The third-order valence-electron chi connectivity index (χ3n) is 6.03. The van der Waals surface area contributed by atoms with Gasteiger partial charge in [-0.3, -0.25) is 4.79 Å². The van der Waals surface area contributed by atoms with Gasteiger partial charge in [-0.05, 0) is 56.4 Å². The molecule has 1 saturated carbocycles. The van der Waals surface area contributed by atoms with Gasteiger partial charge in [-0.1, -0.05) is 30.3 Å². The highest BCUT2D eigenvalue weighted by molar-refractivity contribution is 5.95. The smallest absolute Gasteiger partial charge is 0.475 e. The van der Waals surface area contributed by atoms with Crippen LogP contribution in [0.4, 0.5) is 24.9 Å². The predicted molar refractivity (Wildman–Crippen MR) is 136 cm³/mol. The average Bonchev–Trinajstić information content (AvgIpc) is 2.84. The molecular weight excluding hydrogens is 487 g/mol. The number of aromatic nitrogens is 2. The summed E-state index contributed by atoms with van der Waals surface area (Å²) in [5, 5.41) is 14.9. The van der Waals surface area contributed by atoms with Gasteiger partial charge in [0.05, 0.1) is 5.52 Å². The highest BCUT2D eigenvalue weighted by Gasteiger charge is 2.38. The molecule has 0 atom stereocenters. The maximum atomic E-state index is 12.6. The number of hydrogen-bond donors (Lipinski definition) is 3. The lowest BCUT2D eigenvalue weighted by Crippen LogP contribution is -2.40. The molecule has 8 nitrogen and oxygen atoms in total. The topological polar surface area (TPSA) is 107 Å². The highest BCUT2D eigenvalue weighted by Crippen LogP contribution is 2.26. The van der Waals surface area contributed by atoms with Crippen molar-refractivity contribution >= 4 is 34.5 Å². The molecule has 0 spiro atoms. The number of carboxylic acids is 1. The number of carbonyl (C=O) groups is 2. The molecule has 1 fully saturated rings. The van der Waals surface area contributed by atoms with E-state index in [1.54, 1.807) is 0 Å². The molecule has 11 heteroatoms. The molecule has 4 rings (SSSR count). The maximum Gasteiger partial charge on any atom is 0.490 e. The number of anilines is 2. The summed E-state index contributed by atoms with van der Waals surface area (Å²) < 4.78 is 31.7. The zero-order chi connectivity index (χ0) is 27.2. The number of halogens is 3. The Morgan fingerprint density at radius 1 is 0.946 bits per heavy atom. The first-order chi connectivity index (χ1) is 17.5. The van der Waals surface area contributed by atoms with Crippen LogP contribution in [0.5, 0.6) is 0 Å². The number of aliphatic carboxylic acids is 1. The van der Waals surface area contributed by atoms with E-state index in [0.29, 0.717) is 12.0 Å². The number of hydrogen-bond acceptors (Lipinski definition) is 6. The molecule has 1 heterocycles. The number of amides is 1. The van der Waals surface area contributed by atoms with Crippen LogP contribution in [0.15, 0.2) is 48.5 Å². The van der Waals surface area contributed by atoms with Gasteiger partial charge in [0.1, 0.15) is 5.82 Å². The monoisotopic (exact) mass is 517 g/mol. The second-order valence-electron chi connectivity index (χ2n) is 9.07. The summed E-state index contributed by atoms with van der Waals surface area (Å²) in [6, 6.07) is 16.3. The number of rotatable bonds is 5. The Balaban J connectivity index is 0.000000479. The zero-order valence-corrected chi connectivity index (χ0v) is 20.8. The molecule has 1 aromatic heterocycles. The van der Waals surface area contributed by atoms with Crippen LogP contribution in [-0.2, 0) is 4.79 Å². The lowest BCUT2D eigenvalue weighted by atomic mass is 9.91. The van der Waals surface area contributed by atoms with Gasteiger partial charge in [-0.25, -0.2) is 9.78 Å². The number of benzene rings is 2. The molecule has 1 aliphatic rings. The van der Waals surface area contributed by atoms with E-state index in [0.717, 1.165) is 53.5 Å². The van der Waals surface area contributed by atoms with Crippen molar-refractivity contribution in [2.75, 3.05) is 24.3 Å². The lowest BCUT2D eigenvalue weighted by Gasteiger charge is -2.30. The molecule has 198 valence electrons. The first kappa shape index (κ1) is 27.7. The Bertz CT molecular complexity index is 1240. The standard InChI is InChI=1S/C24H29N5O.C2HF3O2/c1-16-8-4-5-9-19(16)23(30)25-17-12-14-18(15-13-17)26-24-27-21-11-7-6-10-20(21)22(28-24)29(2)3;3-2(4,5)1(6)7/h4-11,17-18H,12-15H2,1-3H3,(H,25,30)(H,26,27,28);(H,6,7). The molecule has 0 aliphatic heterocycles. The highest BCUT2D eigenvalue weighted by atomic mass is 19.4. The summed E-state index contributed by atoms with van der Waals surface area (Å²) in [5.41, 5.74) is 2.71. The van der Waals surface area contributed by atoms with Gasteiger partial charge in [-0.2, -0.15) is 18.2 Å². The fraction of sp³-hybridized carbons (Fsp3) is 0.385. The maximum absolute atomic E-state index is 12.6. The number of carboxylic acid groups (broad SMARTS) is 1. The van der Waals surface area contributed by atoms with Crippen molar-refractivity contribution in [1.82, 2.24) is 15.3 Å². The Kier molecular flexibility index (Phi) is 8.90. The quantitative estimate of drug-likeness (QED) is 0.447. The molecule has 0 radical (unpaired) electrons. The van der Waals surface area contributed by atoms with E-state index in [9.17, 15) is 18.0 Å². The molecule has 3 aromatic rings. The largest absolute Gasteiger partial charge is 0.490 e. The summed E-state index contributed by atoms with van der Waals surface area (Å²) in [5.74, 6) is -1.14. The molecule has 0 unspecified atom stereocenters. The summed E-state index contributed by atoms with van der Waals surface area (Å²) in [4.78, 5) is 33.0. The summed E-state index contributed by atoms with van der Waals surface area (Å²) in [6.45, 7) is 1.97. The van der Waals surface area contributed by atoms with Gasteiger partial charge in [0.2, 0.25) is 5.95 Å². The first-order valence-corrected chi connectivity index (χ1v) is 11.8. The van der Waals surface area contributed by atoms with Gasteiger partial charge in [0, 0.05) is 37.1 Å². The fourth-order valence-electron chi connectivity index (χ4n) is 4.12. The SMILES string of the molecule is Cc1ccccc1C(=O)NC1CCC(Nc2nc(N(C)C)c3ccccc3n2)CC1.O=C(O)C(F)(F)F. The molecule has 3 N–H and O–H groups in total. The second kappa shape index (κ2) is 11.9. The van der Waals surface area contributed by atoms with Crippen molar-refractivity contribution in [2.24, 2.45) is 0 Å². The molecule has 2 aromatic carbocycles. The number of para-hydroxylation sites is 1. The zero-order valence-electron chi connectivity index (χ0n) is 20.8. The summed E-state index contributed by atoms with van der Waals surface area (Å²) >= 11 is 0. The van der Waals surface area contributed by atoms with Crippen molar-refractivity contribution < 1.29 is 27.9 Å². The van der Waals surface area contributed by atoms with Crippen LogP contribution in [0.1, 0.15) is 41.6 Å². The lowest BCUT2D eigenvalue weighted by molar-refractivity contribution is -0.192. The Morgan fingerprint density at radius 3 is 2.11 bits per heavy atom. The van der Waals surface area contributed by atoms with Gasteiger partial charge in [-0.15, -0.1) is 0 Å². The van der Waals surface area contributed by atoms with Crippen LogP contribution >= 0.6 is 0 Å². The Hall–Kier alpha value is -3.89. The molecule has 37 heavy (non-hydrogen) atoms. The summed E-state index contributed by atoms with van der Waals surface area (Å²) in [6.07, 6.45) is -1.23. The van der Waals surface area contributed by atoms with Crippen molar-refractivity contribution in [3.05, 3.63) is 59.7 Å². The van der Waals surface area contributed by atoms with Crippen molar-refractivity contribution in [1.29, 1.82) is 0 Å². The number of nitrogens with zero attached hydrogens (tertiary/aromatic N) is 3. The Labute approximate surface area is 212 Å². The number of carbonyl (C=O) groups excluding carboxylic acids is 1. The van der Waals surface area contributed by atoms with Gasteiger partial charge < -0.3 is 20.6 Å². The summed E-state index contributed by atoms with van der Waals surface area (Å²) in [7, 11) is 4.00. The van der Waals surface area contributed by atoms with Crippen LogP contribution < -0.4 is 15.5 Å². The van der Waals surface area contributed by atoms with Crippen LogP contribution in [0.2, 0.25) is 0 Å². The van der Waals surface area contributed by atoms with E-state index >= 15 is 0 Å². The number of nitrogens with one attached hydrogen (secondary N) is 2. The third-order valence-corrected chi connectivity index (χ3v) is 6.03. The van der Waals surface area contributed by atoms with Crippen LogP contribution in [0.3, 0.4) is 0 Å². The molecule has 1 amide bonds. The minimum Gasteiger partial charge on any atom is -0.475 e. The third kappa shape index (κ3) is 7.55. The first-order valence-electron chi connectivity index (χ1n) is 11.8. The van der Waals surface area contributed by atoms with Gasteiger partial charge >= 0.3 is 12.1 Å². The average molecular weight is 518 g/mol. The number of alkyl halides is 3. The second-order valence-corrected chi connectivity index (χ2v) is 9.07. The van der Waals surface area contributed by atoms with Crippen molar-refractivity contribution in [2.45, 2.75) is 50.9 Å². The van der Waals surface area contributed by atoms with Crippen LogP contribution in [0, 0.1) is 6.92 Å². The fourth-order valence-corrected chi connectivity index (χ4v) is 4.12. The van der Waals surface area contributed by atoms with E-state index in [1.165, 1.54) is 0 Å². The molecule has 0 saturated heterocycles. The minimum absolute atomic E-state index is 0.0259. The van der Waals surface area contributed by atoms with Gasteiger partial charge in [0.25, 0.3) is 5.91 Å². The van der Waals surface area contributed by atoms with Crippen molar-refractivity contribution in [3.8, 4) is 0 Å². The van der Waals surface area contributed by atoms with Crippen LogP contribution in [-0.4, -0.2) is 59.3 Å². The minimum atomic E-state index is -5.08. The molecule has 1 aliphatic carbocycles. The normalized spacial score (nSPS) is 17.4. The molecular formula is C26H30F3N5O3. The van der Waals surface area contributed by atoms with E-state index in [1.807, 2.05) is 68.4 Å². The van der Waals surface area contributed by atoms with E-state index in [-0.39, 0.29) is 11.9 Å². The number of fused-ring (bicyclic) bond motifs is 1.